The topological polar surface area (TPSA) is 105 Å². The summed E-state index contributed by atoms with van der Waals surface area (Å²) in [7, 11) is 1.61. The lowest BCUT2D eigenvalue weighted by molar-refractivity contribution is 0.210. The van der Waals surface area contributed by atoms with E-state index in [1.807, 2.05) is 104 Å². The van der Waals surface area contributed by atoms with Crippen LogP contribution in [0.2, 0.25) is 0 Å². The first kappa shape index (κ1) is 36.0. The second-order valence-electron chi connectivity index (χ2n) is 13.9. The van der Waals surface area contributed by atoms with Gasteiger partial charge in [-0.05, 0) is 99.1 Å². The number of anilines is 1. The molecule has 1 aromatic heterocycles. The van der Waals surface area contributed by atoms with Crippen molar-refractivity contribution in [2.75, 3.05) is 12.6 Å². The van der Waals surface area contributed by atoms with E-state index < -0.39 is 0 Å². The molecule has 0 fully saturated rings. The van der Waals surface area contributed by atoms with Gasteiger partial charge in [0.05, 0.1) is 19.0 Å². The van der Waals surface area contributed by atoms with Crippen LogP contribution in [0.3, 0.4) is 0 Å². The smallest absolute Gasteiger partial charge is 0.164 e. The second kappa shape index (κ2) is 15.4. The van der Waals surface area contributed by atoms with Crippen molar-refractivity contribution in [3.05, 3.63) is 180 Å². The molecule has 1 aliphatic heterocycles. The molecule has 2 heterocycles. The number of benzene rings is 6. The van der Waals surface area contributed by atoms with Gasteiger partial charge in [-0.15, -0.1) is 0 Å². The van der Waals surface area contributed by atoms with Gasteiger partial charge in [-0.2, -0.15) is 5.48 Å². The molecule has 280 valence electrons. The van der Waals surface area contributed by atoms with Gasteiger partial charge in [-0.25, -0.2) is 15.0 Å². The number of hydrogen-bond acceptors (Lipinski definition) is 8. The van der Waals surface area contributed by atoms with Crippen LogP contribution in [0.1, 0.15) is 23.6 Å². The fraction of sp³-hybridized carbons (Fsp3) is 0.0600. The first-order chi connectivity index (χ1) is 28.5. The van der Waals surface area contributed by atoms with E-state index in [4.69, 9.17) is 24.6 Å². The van der Waals surface area contributed by atoms with Crippen LogP contribution in [-0.4, -0.2) is 34.0 Å². The Morgan fingerprint density at radius 2 is 1.33 bits per heavy atom. The van der Waals surface area contributed by atoms with E-state index in [-0.39, 0.29) is 0 Å². The number of aromatic nitrogens is 3. The molecule has 0 atom stereocenters. The van der Waals surface area contributed by atoms with Gasteiger partial charge < -0.3 is 4.74 Å². The molecule has 58 heavy (non-hydrogen) atoms. The van der Waals surface area contributed by atoms with Gasteiger partial charge in [0.2, 0.25) is 0 Å². The maximum atomic E-state index is 9.25. The molecule has 0 unspecified atom stereocenters. The highest BCUT2D eigenvalue weighted by Gasteiger charge is 2.26. The maximum absolute atomic E-state index is 9.25. The number of fused-ring (bicyclic) bond motifs is 4. The van der Waals surface area contributed by atoms with Crippen molar-refractivity contribution in [1.82, 2.24) is 15.0 Å². The Morgan fingerprint density at radius 1 is 0.690 bits per heavy atom. The molecule has 2 aliphatic rings. The Bertz CT molecular complexity index is 2900. The van der Waals surface area contributed by atoms with Crippen molar-refractivity contribution in [3.8, 4) is 45.3 Å². The lowest BCUT2D eigenvalue weighted by Gasteiger charge is -2.24. The Labute approximate surface area is 336 Å². The predicted octanol–water partition coefficient (Wildman–Crippen LogP) is 12.0. The average molecular weight is 755 g/mol. The summed E-state index contributed by atoms with van der Waals surface area (Å²) in [6.45, 7) is 4.06. The monoisotopic (exact) mass is 754 g/mol. The summed E-state index contributed by atoms with van der Waals surface area (Å²) in [6.07, 6.45) is 15.5. The summed E-state index contributed by atoms with van der Waals surface area (Å²) in [4.78, 5) is 20.5. The zero-order valence-electron chi connectivity index (χ0n) is 32.2. The van der Waals surface area contributed by atoms with E-state index in [0.29, 0.717) is 28.9 Å². The number of rotatable bonds is 7. The van der Waals surface area contributed by atoms with Gasteiger partial charge in [0.1, 0.15) is 11.5 Å². The largest absolute Gasteiger partial charge is 0.494 e. The van der Waals surface area contributed by atoms with Gasteiger partial charge >= 0.3 is 0 Å². The van der Waals surface area contributed by atoms with E-state index in [1.165, 1.54) is 0 Å². The summed E-state index contributed by atoms with van der Waals surface area (Å²) in [5.74, 6) is 2.26. The average Bonchev–Trinajstić information content (AvgIpc) is 3.32. The Morgan fingerprint density at radius 3 is 2.00 bits per heavy atom. The van der Waals surface area contributed by atoms with Crippen LogP contribution in [0.25, 0.3) is 78.5 Å². The Kier molecular flexibility index (Phi) is 9.57. The van der Waals surface area contributed by atoms with Gasteiger partial charge in [0.15, 0.2) is 17.5 Å². The summed E-state index contributed by atoms with van der Waals surface area (Å²) in [5, 5.41) is 17.4. The molecule has 6 aromatic carbocycles. The maximum Gasteiger partial charge on any atom is 0.164 e. The highest BCUT2D eigenvalue weighted by molar-refractivity contribution is 6.28. The summed E-state index contributed by atoms with van der Waals surface area (Å²) < 4.78 is 5.66. The number of methoxy groups -OCH3 is 1. The number of nitrogens with one attached hydrogen (secondary N) is 2. The predicted molar refractivity (Wildman–Crippen MR) is 237 cm³/mol. The third-order valence-corrected chi connectivity index (χ3v) is 10.5. The van der Waals surface area contributed by atoms with Crippen LogP contribution < -0.4 is 5.48 Å². The van der Waals surface area contributed by atoms with E-state index in [9.17, 15) is 5.41 Å². The van der Waals surface area contributed by atoms with Crippen LogP contribution in [0.4, 0.5) is 5.69 Å². The highest BCUT2D eigenvalue weighted by atomic mass is 16.8. The van der Waals surface area contributed by atoms with E-state index in [1.54, 1.807) is 13.3 Å². The quantitative estimate of drug-likeness (QED) is 0.157. The van der Waals surface area contributed by atoms with E-state index >= 15 is 0 Å². The third kappa shape index (κ3) is 6.46. The fourth-order valence-corrected chi connectivity index (χ4v) is 7.74. The normalized spacial score (nSPS) is 15.6. The van der Waals surface area contributed by atoms with Crippen LogP contribution in [0, 0.1) is 12.3 Å². The molecule has 0 radical (unpaired) electrons. The first-order valence-corrected chi connectivity index (χ1v) is 19.0. The van der Waals surface area contributed by atoms with Gasteiger partial charge in [0, 0.05) is 22.3 Å². The standard InChI is InChI=1S/C50H38N6O2/c1-4-5-19-41-39(26-28-44(57-3)47(41)51)45-36-20-12-13-21-37(36)46(38-25-27-43-31(2)35(38)22-14-29-52-58-56-43)42-30-34(23-24-40(42)45)50-54-48(32-15-8-6-9-16-32)53-49(55-50)33-17-10-7-11-18-33/h4-30,51,56H,1-3H3/b5-4-,22-14-,41-19-,51-47?,52-29+. The number of oxime groups is 1. The van der Waals surface area contributed by atoms with Gasteiger partial charge in [-0.1, -0.05) is 133 Å². The SMILES string of the molecule is C/C=C\C=C1/C(=N)C(OC)=CC=C1c1c2ccccc2c(-c2ccc3c(C)c2/C=C\C=N\ON3)c2cc(-c3nc(-c4ccccc4)nc(-c4ccccc4)n3)ccc12. The van der Waals surface area contributed by atoms with E-state index in [0.717, 1.165) is 82.9 Å². The zero-order valence-corrected chi connectivity index (χ0v) is 32.2. The molecule has 1 aliphatic carbocycles. The molecular weight excluding hydrogens is 717 g/mol. The Balaban J connectivity index is 1.40. The second-order valence-corrected chi connectivity index (χ2v) is 13.9. The molecule has 2 bridgehead atoms. The summed E-state index contributed by atoms with van der Waals surface area (Å²) in [6, 6.07) is 39.2. The third-order valence-electron chi connectivity index (χ3n) is 10.5. The number of allylic oxidation sites excluding steroid dienone is 8. The lowest BCUT2D eigenvalue weighted by Crippen LogP contribution is -2.13. The van der Waals surface area contributed by atoms with Crippen LogP contribution in [-0.2, 0) is 9.68 Å². The van der Waals surface area contributed by atoms with Crippen molar-refractivity contribution >= 4 is 50.8 Å². The minimum absolute atomic E-state index is 0.323. The summed E-state index contributed by atoms with van der Waals surface area (Å²) >= 11 is 0. The first-order valence-electron chi connectivity index (χ1n) is 19.0. The highest BCUT2D eigenvalue weighted by Crippen LogP contribution is 2.47. The molecule has 9 rings (SSSR count). The fourth-order valence-electron chi connectivity index (χ4n) is 7.74. The van der Waals surface area contributed by atoms with Crippen LogP contribution in [0.15, 0.2) is 168 Å². The van der Waals surface area contributed by atoms with Crippen molar-refractivity contribution in [2.45, 2.75) is 13.8 Å². The van der Waals surface area contributed by atoms with Crippen LogP contribution >= 0.6 is 0 Å². The zero-order chi connectivity index (χ0) is 39.6. The van der Waals surface area contributed by atoms with Gasteiger partial charge in [0.25, 0.3) is 0 Å². The summed E-state index contributed by atoms with van der Waals surface area (Å²) in [5.41, 5.74) is 13.6. The molecular formula is C50H38N6O2. The van der Waals surface area contributed by atoms with Crippen molar-refractivity contribution < 1.29 is 9.68 Å². The van der Waals surface area contributed by atoms with E-state index in [2.05, 4.69) is 78.2 Å². The molecule has 2 N–H and O–H groups in total. The molecule has 8 heteroatoms. The number of hydrogen-bond donors (Lipinski definition) is 2. The number of ether oxygens (including phenoxy) is 1. The molecule has 7 aromatic rings. The molecule has 8 nitrogen and oxygen atoms in total. The number of nitrogens with zero attached hydrogens (tertiary/aromatic N) is 4. The van der Waals surface area contributed by atoms with Crippen LogP contribution in [0.5, 0.6) is 0 Å². The van der Waals surface area contributed by atoms with Gasteiger partial charge in [-0.3, -0.25) is 10.3 Å². The van der Waals surface area contributed by atoms with Crippen molar-refractivity contribution in [3.63, 3.8) is 0 Å². The minimum atomic E-state index is 0.323. The Hall–Kier alpha value is -7.71. The molecule has 0 saturated heterocycles. The minimum Gasteiger partial charge on any atom is -0.494 e. The molecule has 0 spiro atoms. The van der Waals surface area contributed by atoms with Crippen molar-refractivity contribution in [2.24, 2.45) is 5.16 Å². The molecule has 0 amide bonds. The molecule has 0 saturated carbocycles. The lowest BCUT2D eigenvalue weighted by atomic mass is 9.80. The van der Waals surface area contributed by atoms with Crippen molar-refractivity contribution in [1.29, 1.82) is 5.41 Å².